The second-order valence-corrected chi connectivity index (χ2v) is 11.3. The van der Waals surface area contributed by atoms with Crippen LogP contribution in [0.4, 0.5) is 8.78 Å². The second-order valence-electron chi connectivity index (χ2n) is 11.3. The number of benzene rings is 2. The maximum Gasteiger partial charge on any atom is 0.232 e. The number of hydrogen-bond acceptors (Lipinski definition) is 2. The number of piperidine rings is 1. The van der Waals surface area contributed by atoms with Crippen LogP contribution in [0.15, 0.2) is 36.4 Å². The number of nitrogens with two attached hydrogens (primary N) is 1. The maximum absolute atomic E-state index is 15.5. The fourth-order valence-electron chi connectivity index (χ4n) is 7.89. The van der Waals surface area contributed by atoms with Gasteiger partial charge < -0.3 is 15.0 Å². The zero-order valence-corrected chi connectivity index (χ0v) is 22.4. The van der Waals surface area contributed by atoms with Gasteiger partial charge in [0.1, 0.15) is 23.3 Å². The molecule has 2 N–H and O–H groups in total. The predicted molar refractivity (Wildman–Crippen MR) is 141 cm³/mol. The van der Waals surface area contributed by atoms with Crippen LogP contribution in [-0.4, -0.2) is 43.6 Å². The van der Waals surface area contributed by atoms with Gasteiger partial charge in [-0.05, 0) is 67.7 Å². The highest BCUT2D eigenvalue weighted by Gasteiger charge is 2.56. The summed E-state index contributed by atoms with van der Waals surface area (Å²) in [5, 5.41) is 2.20. The number of amides is 1. The minimum Gasteiger partial charge on any atom is -0.496 e. The van der Waals surface area contributed by atoms with E-state index in [1.807, 2.05) is 12.1 Å². The summed E-state index contributed by atoms with van der Waals surface area (Å²) >= 11 is 0. The van der Waals surface area contributed by atoms with E-state index >= 15 is 4.39 Å². The Bertz CT molecular complexity index is 1130. The molecule has 37 heavy (non-hydrogen) atoms. The van der Waals surface area contributed by atoms with E-state index in [9.17, 15) is 9.18 Å². The van der Waals surface area contributed by atoms with E-state index in [4.69, 9.17) is 4.74 Å². The molecule has 1 spiro atoms. The molecule has 2 aromatic rings. The first-order valence-electron chi connectivity index (χ1n) is 14.2. The predicted octanol–water partition coefficient (Wildman–Crippen LogP) is 4.95. The van der Waals surface area contributed by atoms with E-state index in [-0.39, 0.29) is 35.4 Å². The molecule has 2 saturated heterocycles. The lowest BCUT2D eigenvalue weighted by molar-refractivity contribution is -0.640. The lowest BCUT2D eigenvalue weighted by atomic mass is 9.63. The molecule has 1 amide bonds. The van der Waals surface area contributed by atoms with Crippen molar-refractivity contribution in [3.63, 3.8) is 0 Å². The van der Waals surface area contributed by atoms with Crippen LogP contribution in [0.2, 0.25) is 0 Å². The van der Waals surface area contributed by atoms with Crippen molar-refractivity contribution in [2.45, 2.75) is 76.2 Å². The molecular formula is C31H41F2N2O2+. The van der Waals surface area contributed by atoms with E-state index in [1.165, 1.54) is 6.07 Å². The number of carbonyl (C=O) groups is 1. The second kappa shape index (κ2) is 10.7. The first-order chi connectivity index (χ1) is 17.9. The number of hydrogen-bond donors (Lipinski definition) is 1. The van der Waals surface area contributed by atoms with Crippen molar-refractivity contribution in [3.8, 4) is 5.75 Å². The number of ether oxygens (including phenoxy) is 1. The van der Waals surface area contributed by atoms with Gasteiger partial charge in [0, 0.05) is 23.7 Å². The van der Waals surface area contributed by atoms with Gasteiger partial charge in [0.05, 0.1) is 25.6 Å². The Morgan fingerprint density at radius 3 is 2.68 bits per heavy atom. The molecule has 0 bridgehead atoms. The molecule has 2 aliphatic heterocycles. The van der Waals surface area contributed by atoms with Gasteiger partial charge >= 0.3 is 0 Å². The molecule has 4 atom stereocenters. The molecule has 0 radical (unpaired) electrons. The van der Waals surface area contributed by atoms with Crippen molar-refractivity contribution < 1.29 is 23.6 Å². The SMILES string of the molecule is CCC(CC)[C@@H]1C[C@H](c2ccccc2F)CCN1C(=O)[C@@H]1C[NH2+]C[C@]12CCCc1c(OC)ccc(F)c12. The molecule has 6 heteroatoms. The Hall–Kier alpha value is -2.47. The molecule has 0 aromatic heterocycles. The van der Waals surface area contributed by atoms with Gasteiger partial charge in [0.15, 0.2) is 0 Å². The van der Waals surface area contributed by atoms with E-state index in [0.29, 0.717) is 24.6 Å². The van der Waals surface area contributed by atoms with Crippen molar-refractivity contribution >= 4 is 5.91 Å². The van der Waals surface area contributed by atoms with Gasteiger partial charge in [0.25, 0.3) is 0 Å². The van der Waals surface area contributed by atoms with Crippen LogP contribution in [-0.2, 0) is 16.6 Å². The first-order valence-corrected chi connectivity index (χ1v) is 14.2. The Morgan fingerprint density at radius 2 is 1.95 bits per heavy atom. The molecule has 5 rings (SSSR count). The highest BCUT2D eigenvalue weighted by atomic mass is 19.1. The zero-order chi connectivity index (χ0) is 26.2. The monoisotopic (exact) mass is 511 g/mol. The molecule has 2 fully saturated rings. The lowest BCUT2D eigenvalue weighted by Gasteiger charge is -2.46. The molecule has 2 heterocycles. The number of nitrogens with zero attached hydrogens (tertiary/aromatic N) is 1. The number of halogens is 2. The average molecular weight is 512 g/mol. The summed E-state index contributed by atoms with van der Waals surface area (Å²) in [5.41, 5.74) is 1.92. The summed E-state index contributed by atoms with van der Waals surface area (Å²) in [6.45, 7) is 6.40. The summed E-state index contributed by atoms with van der Waals surface area (Å²) in [6, 6.07) is 10.4. The normalized spacial score (nSPS) is 27.5. The van der Waals surface area contributed by atoms with Crippen LogP contribution < -0.4 is 10.1 Å². The van der Waals surface area contributed by atoms with Gasteiger partial charge in [-0.2, -0.15) is 0 Å². The third-order valence-electron chi connectivity index (χ3n) is 9.73. The van der Waals surface area contributed by atoms with Crippen LogP contribution >= 0.6 is 0 Å². The Balaban J connectivity index is 1.49. The Labute approximate surface area is 219 Å². The van der Waals surface area contributed by atoms with Crippen molar-refractivity contribution in [2.75, 3.05) is 26.7 Å². The maximum atomic E-state index is 15.5. The minimum atomic E-state index is -0.510. The highest BCUT2D eigenvalue weighted by molar-refractivity contribution is 5.82. The third kappa shape index (κ3) is 4.45. The van der Waals surface area contributed by atoms with Gasteiger partial charge in [-0.3, -0.25) is 4.79 Å². The summed E-state index contributed by atoms with van der Waals surface area (Å²) in [6.07, 6.45) is 6.02. The van der Waals surface area contributed by atoms with Crippen LogP contribution in [0.3, 0.4) is 0 Å². The number of methoxy groups -OCH3 is 1. The summed E-state index contributed by atoms with van der Waals surface area (Å²) in [5.74, 6) is 0.728. The van der Waals surface area contributed by atoms with Crippen LogP contribution in [0.1, 0.15) is 75.0 Å². The molecule has 3 aliphatic rings. The topological polar surface area (TPSA) is 46.2 Å². The molecule has 0 unspecified atom stereocenters. The molecular weight excluding hydrogens is 470 g/mol. The molecule has 4 nitrogen and oxygen atoms in total. The highest BCUT2D eigenvalue weighted by Crippen LogP contribution is 2.48. The van der Waals surface area contributed by atoms with E-state index in [1.54, 1.807) is 25.3 Å². The van der Waals surface area contributed by atoms with E-state index in [0.717, 1.165) is 68.4 Å². The van der Waals surface area contributed by atoms with Gasteiger partial charge in [0.2, 0.25) is 5.91 Å². The van der Waals surface area contributed by atoms with Crippen LogP contribution in [0.25, 0.3) is 0 Å². The van der Waals surface area contributed by atoms with Gasteiger partial charge in [-0.1, -0.05) is 44.9 Å². The first kappa shape index (κ1) is 26.1. The van der Waals surface area contributed by atoms with Gasteiger partial charge in [-0.25, -0.2) is 8.78 Å². The Morgan fingerprint density at radius 1 is 1.16 bits per heavy atom. The third-order valence-corrected chi connectivity index (χ3v) is 9.73. The van der Waals surface area contributed by atoms with Crippen molar-refractivity contribution in [1.82, 2.24) is 4.90 Å². The number of rotatable bonds is 6. The largest absolute Gasteiger partial charge is 0.496 e. The van der Waals surface area contributed by atoms with Crippen molar-refractivity contribution in [2.24, 2.45) is 11.8 Å². The smallest absolute Gasteiger partial charge is 0.232 e. The lowest BCUT2D eigenvalue weighted by Crippen LogP contribution is -2.82. The summed E-state index contributed by atoms with van der Waals surface area (Å²) < 4.78 is 35.9. The van der Waals surface area contributed by atoms with Crippen molar-refractivity contribution in [3.05, 3.63) is 64.7 Å². The zero-order valence-electron chi connectivity index (χ0n) is 22.4. The van der Waals surface area contributed by atoms with Crippen LogP contribution in [0, 0.1) is 23.5 Å². The van der Waals surface area contributed by atoms with E-state index < -0.39 is 5.41 Å². The Kier molecular flexibility index (Phi) is 7.58. The van der Waals surface area contributed by atoms with Gasteiger partial charge in [-0.15, -0.1) is 0 Å². The number of quaternary nitrogens is 1. The van der Waals surface area contributed by atoms with Crippen molar-refractivity contribution in [1.29, 1.82) is 0 Å². The molecule has 1 aliphatic carbocycles. The average Bonchev–Trinajstić information content (AvgIpc) is 3.33. The fraction of sp³-hybridized carbons (Fsp3) is 0.581. The fourth-order valence-corrected chi connectivity index (χ4v) is 7.89. The molecule has 2 aromatic carbocycles. The number of fused-ring (bicyclic) bond motifs is 2. The quantitative estimate of drug-likeness (QED) is 0.597. The summed E-state index contributed by atoms with van der Waals surface area (Å²) in [4.78, 5) is 16.6. The number of likely N-dealkylation sites (tertiary alicyclic amines) is 1. The molecule has 200 valence electrons. The standard InChI is InChI=1S/C31H40F2N2O2/c1-4-20(5-2)27-17-21(22-9-6-7-11-25(22)32)14-16-35(27)30(36)24-18-34-19-31(24)15-8-10-23-28(37-3)13-12-26(33)29(23)31/h6-7,9,11-13,20-21,24,27,34H,4-5,8,10,14-19H2,1-3H3/p+1/t21-,24+,27+,31-/m1/s1. The molecule has 0 saturated carbocycles. The summed E-state index contributed by atoms with van der Waals surface area (Å²) in [7, 11) is 1.64. The number of carbonyl (C=O) groups excluding carboxylic acids is 1. The van der Waals surface area contributed by atoms with Crippen LogP contribution in [0.5, 0.6) is 5.75 Å². The minimum absolute atomic E-state index is 0.0664. The van der Waals surface area contributed by atoms with E-state index in [2.05, 4.69) is 24.1 Å².